The SMILES string of the molecule is CC1CN(C(=O)c2csc(CCN)n2)CC(c2ccccc2)O1. The van der Waals surface area contributed by atoms with E-state index < -0.39 is 0 Å². The molecule has 2 unspecified atom stereocenters. The molecule has 5 nitrogen and oxygen atoms in total. The van der Waals surface area contributed by atoms with E-state index in [4.69, 9.17) is 10.5 Å². The molecule has 23 heavy (non-hydrogen) atoms. The topological polar surface area (TPSA) is 68.5 Å². The molecule has 0 saturated carbocycles. The average Bonchev–Trinajstić information content (AvgIpc) is 3.03. The van der Waals surface area contributed by atoms with E-state index in [1.807, 2.05) is 47.5 Å². The van der Waals surface area contributed by atoms with Crippen LogP contribution in [0.4, 0.5) is 0 Å². The normalized spacial score (nSPS) is 21.4. The van der Waals surface area contributed by atoms with Gasteiger partial charge in [-0.05, 0) is 19.0 Å². The van der Waals surface area contributed by atoms with Crippen molar-refractivity contribution in [2.24, 2.45) is 5.73 Å². The van der Waals surface area contributed by atoms with Crippen molar-refractivity contribution in [3.63, 3.8) is 0 Å². The van der Waals surface area contributed by atoms with Crippen LogP contribution in [0.2, 0.25) is 0 Å². The summed E-state index contributed by atoms with van der Waals surface area (Å²) in [5.41, 5.74) is 7.15. The smallest absolute Gasteiger partial charge is 0.273 e. The Balaban J connectivity index is 1.74. The van der Waals surface area contributed by atoms with E-state index in [1.54, 1.807) is 0 Å². The number of rotatable bonds is 4. The van der Waals surface area contributed by atoms with Crippen molar-refractivity contribution in [3.05, 3.63) is 52.0 Å². The largest absolute Gasteiger partial charge is 0.367 e. The lowest BCUT2D eigenvalue weighted by Crippen LogP contribution is -2.46. The molecule has 1 amide bonds. The number of morpholine rings is 1. The first-order valence-electron chi connectivity index (χ1n) is 7.81. The number of ether oxygens (including phenoxy) is 1. The van der Waals surface area contributed by atoms with Gasteiger partial charge in [0.1, 0.15) is 11.8 Å². The number of hydrogen-bond donors (Lipinski definition) is 1. The second-order valence-electron chi connectivity index (χ2n) is 5.72. The molecule has 122 valence electrons. The van der Waals surface area contributed by atoms with E-state index in [9.17, 15) is 4.79 Å². The van der Waals surface area contributed by atoms with E-state index in [0.29, 0.717) is 31.7 Å². The molecule has 0 radical (unpaired) electrons. The quantitative estimate of drug-likeness (QED) is 0.933. The number of aromatic nitrogens is 1. The first kappa shape index (κ1) is 16.1. The Morgan fingerprint density at radius 3 is 2.91 bits per heavy atom. The van der Waals surface area contributed by atoms with Crippen molar-refractivity contribution < 1.29 is 9.53 Å². The van der Waals surface area contributed by atoms with Gasteiger partial charge >= 0.3 is 0 Å². The molecule has 1 aromatic carbocycles. The van der Waals surface area contributed by atoms with Crippen molar-refractivity contribution in [2.75, 3.05) is 19.6 Å². The molecule has 2 atom stereocenters. The van der Waals surface area contributed by atoms with Gasteiger partial charge in [0.2, 0.25) is 0 Å². The molecule has 0 spiro atoms. The zero-order chi connectivity index (χ0) is 16.2. The van der Waals surface area contributed by atoms with Crippen molar-refractivity contribution in [3.8, 4) is 0 Å². The van der Waals surface area contributed by atoms with E-state index in [0.717, 1.165) is 10.6 Å². The average molecular weight is 331 g/mol. The van der Waals surface area contributed by atoms with Gasteiger partial charge in [0.15, 0.2) is 0 Å². The Kier molecular flexibility index (Phi) is 5.05. The number of nitrogens with two attached hydrogens (primary N) is 1. The van der Waals surface area contributed by atoms with E-state index >= 15 is 0 Å². The number of carbonyl (C=O) groups excluding carboxylic acids is 1. The lowest BCUT2D eigenvalue weighted by Gasteiger charge is -2.36. The Morgan fingerprint density at radius 1 is 1.39 bits per heavy atom. The summed E-state index contributed by atoms with van der Waals surface area (Å²) >= 11 is 1.49. The van der Waals surface area contributed by atoms with Gasteiger partial charge in [-0.1, -0.05) is 30.3 Å². The van der Waals surface area contributed by atoms with Crippen LogP contribution in [0, 0.1) is 0 Å². The third-order valence-corrected chi connectivity index (χ3v) is 4.76. The number of hydrogen-bond acceptors (Lipinski definition) is 5. The minimum absolute atomic E-state index is 0.0000500. The number of carbonyl (C=O) groups is 1. The summed E-state index contributed by atoms with van der Waals surface area (Å²) in [6.07, 6.45) is 0.621. The highest BCUT2D eigenvalue weighted by molar-refractivity contribution is 7.09. The number of thiazole rings is 1. The highest BCUT2D eigenvalue weighted by atomic mass is 32.1. The zero-order valence-electron chi connectivity index (χ0n) is 13.1. The van der Waals surface area contributed by atoms with Crippen LogP contribution in [0.5, 0.6) is 0 Å². The maximum Gasteiger partial charge on any atom is 0.273 e. The molecule has 1 saturated heterocycles. The van der Waals surface area contributed by atoms with Crippen LogP contribution in [0.1, 0.15) is 34.1 Å². The molecular formula is C17H21N3O2S. The second-order valence-corrected chi connectivity index (χ2v) is 6.66. The van der Waals surface area contributed by atoms with Crippen molar-refractivity contribution in [1.82, 2.24) is 9.88 Å². The highest BCUT2D eigenvalue weighted by Crippen LogP contribution is 2.26. The molecule has 1 aliphatic heterocycles. The minimum atomic E-state index is -0.0916. The molecule has 3 rings (SSSR count). The molecule has 2 N–H and O–H groups in total. The summed E-state index contributed by atoms with van der Waals surface area (Å²) in [6, 6.07) is 10.0. The standard InChI is InChI=1S/C17H21N3O2S/c1-12-9-20(10-15(22-12)13-5-3-2-4-6-13)17(21)14-11-23-16(19-14)7-8-18/h2-6,11-12,15H,7-10,18H2,1H3. The molecule has 2 aromatic rings. The molecular weight excluding hydrogens is 310 g/mol. The summed E-state index contributed by atoms with van der Waals surface area (Å²) in [5, 5.41) is 2.74. The van der Waals surface area contributed by atoms with Crippen LogP contribution in [0.25, 0.3) is 0 Å². The Labute approximate surface area is 140 Å². The maximum atomic E-state index is 12.7. The third-order valence-electron chi connectivity index (χ3n) is 3.85. The van der Waals surface area contributed by atoms with E-state index in [2.05, 4.69) is 4.98 Å². The van der Waals surface area contributed by atoms with Crippen molar-refractivity contribution >= 4 is 17.2 Å². The van der Waals surface area contributed by atoms with Gasteiger partial charge in [-0.25, -0.2) is 4.98 Å². The van der Waals surface area contributed by atoms with Crippen LogP contribution in [0.15, 0.2) is 35.7 Å². The van der Waals surface area contributed by atoms with Gasteiger partial charge in [-0.3, -0.25) is 4.79 Å². The lowest BCUT2D eigenvalue weighted by atomic mass is 10.1. The van der Waals surface area contributed by atoms with Gasteiger partial charge in [0, 0.05) is 18.3 Å². The lowest BCUT2D eigenvalue weighted by molar-refractivity contribution is -0.0692. The number of amides is 1. The maximum absolute atomic E-state index is 12.7. The third kappa shape index (κ3) is 3.77. The summed E-state index contributed by atoms with van der Waals surface area (Å²) in [6.45, 7) is 3.69. The van der Waals surface area contributed by atoms with Gasteiger partial charge in [-0.15, -0.1) is 11.3 Å². The first-order chi connectivity index (χ1) is 11.2. The molecule has 6 heteroatoms. The summed E-state index contributed by atoms with van der Waals surface area (Å²) in [5.74, 6) is -0.0272. The predicted octanol–water partition coefficient (Wildman–Crippen LogP) is 2.25. The second kappa shape index (κ2) is 7.21. The monoisotopic (exact) mass is 331 g/mol. The van der Waals surface area contributed by atoms with Crippen LogP contribution >= 0.6 is 11.3 Å². The Morgan fingerprint density at radius 2 is 2.17 bits per heavy atom. The van der Waals surface area contributed by atoms with Gasteiger partial charge < -0.3 is 15.4 Å². The van der Waals surface area contributed by atoms with Crippen LogP contribution in [-0.4, -0.2) is 41.5 Å². The van der Waals surface area contributed by atoms with Crippen LogP contribution < -0.4 is 5.73 Å². The number of benzene rings is 1. The Bertz CT molecular complexity index is 659. The van der Waals surface area contributed by atoms with Gasteiger partial charge in [0.05, 0.1) is 17.7 Å². The summed E-state index contributed by atoms with van der Waals surface area (Å²) in [7, 11) is 0. The molecule has 1 fully saturated rings. The van der Waals surface area contributed by atoms with E-state index in [1.165, 1.54) is 11.3 Å². The van der Waals surface area contributed by atoms with Crippen LogP contribution in [-0.2, 0) is 11.2 Å². The first-order valence-corrected chi connectivity index (χ1v) is 8.69. The highest BCUT2D eigenvalue weighted by Gasteiger charge is 2.30. The fraction of sp³-hybridized carbons (Fsp3) is 0.412. The summed E-state index contributed by atoms with van der Waals surface area (Å²) in [4.78, 5) is 19.0. The molecule has 0 bridgehead atoms. The van der Waals surface area contributed by atoms with Crippen molar-refractivity contribution in [1.29, 1.82) is 0 Å². The molecule has 2 heterocycles. The summed E-state index contributed by atoms with van der Waals surface area (Å²) < 4.78 is 6.00. The zero-order valence-corrected chi connectivity index (χ0v) is 14.0. The fourth-order valence-corrected chi connectivity index (χ4v) is 3.57. The van der Waals surface area contributed by atoms with Crippen LogP contribution in [0.3, 0.4) is 0 Å². The van der Waals surface area contributed by atoms with Crippen molar-refractivity contribution in [2.45, 2.75) is 25.6 Å². The minimum Gasteiger partial charge on any atom is -0.367 e. The number of nitrogens with zero attached hydrogens (tertiary/aromatic N) is 2. The fourth-order valence-electron chi connectivity index (χ4n) is 2.78. The molecule has 0 aliphatic carbocycles. The van der Waals surface area contributed by atoms with Gasteiger partial charge in [-0.2, -0.15) is 0 Å². The predicted molar refractivity (Wildman–Crippen MR) is 90.5 cm³/mol. The van der Waals surface area contributed by atoms with E-state index in [-0.39, 0.29) is 18.1 Å². The molecule has 1 aromatic heterocycles. The van der Waals surface area contributed by atoms with Gasteiger partial charge in [0.25, 0.3) is 5.91 Å². The molecule has 1 aliphatic rings. The Hall–Kier alpha value is -1.76.